The van der Waals surface area contributed by atoms with E-state index in [9.17, 15) is 9.59 Å². The first-order valence-corrected chi connectivity index (χ1v) is 12.6. The summed E-state index contributed by atoms with van der Waals surface area (Å²) in [5.74, 6) is -0.411. The largest absolute Gasteiger partial charge is 0.514 e. The molecule has 1 aromatic carbocycles. The van der Waals surface area contributed by atoms with Crippen molar-refractivity contribution in [2.75, 3.05) is 0 Å². The van der Waals surface area contributed by atoms with Gasteiger partial charge in [0, 0.05) is 0 Å². The lowest BCUT2D eigenvalue weighted by Gasteiger charge is -2.43. The molecule has 0 bridgehead atoms. The molecule has 0 radical (unpaired) electrons. The van der Waals surface area contributed by atoms with Crippen molar-refractivity contribution in [1.82, 2.24) is 0 Å². The number of rotatable bonds is 5. The van der Waals surface area contributed by atoms with Gasteiger partial charge in [-0.1, -0.05) is 26.0 Å². The van der Waals surface area contributed by atoms with E-state index in [1.807, 2.05) is 6.07 Å². The summed E-state index contributed by atoms with van der Waals surface area (Å²) in [5.41, 5.74) is -0.643. The molecule has 0 N–H and O–H groups in total. The van der Waals surface area contributed by atoms with Gasteiger partial charge in [0.05, 0.1) is 11.7 Å². The van der Waals surface area contributed by atoms with Crippen LogP contribution < -0.4 is 4.74 Å². The zero-order valence-corrected chi connectivity index (χ0v) is 22.8. The molecule has 2 aliphatic rings. The van der Waals surface area contributed by atoms with E-state index in [4.69, 9.17) is 23.5 Å². The fourth-order valence-corrected chi connectivity index (χ4v) is 4.97. The summed E-state index contributed by atoms with van der Waals surface area (Å²) in [6.45, 7) is 17.3. The number of aryl methyl sites for hydroxylation is 1. The van der Waals surface area contributed by atoms with Crippen LogP contribution in [0.3, 0.4) is 0 Å². The molecule has 1 aromatic rings. The molecule has 7 nitrogen and oxygen atoms in total. The molecule has 0 aromatic heterocycles. The van der Waals surface area contributed by atoms with E-state index < -0.39 is 23.3 Å². The summed E-state index contributed by atoms with van der Waals surface area (Å²) in [4.78, 5) is 25.5. The monoisotopic (exact) mass is 488 g/mol. The van der Waals surface area contributed by atoms with Crippen molar-refractivity contribution in [1.29, 1.82) is 0 Å². The Balaban J connectivity index is 1.80. The molecule has 2 fully saturated rings. The maximum absolute atomic E-state index is 12.9. The molecule has 2 unspecified atom stereocenters. The average molecular weight is 488 g/mol. The highest BCUT2D eigenvalue weighted by Crippen LogP contribution is 2.48. The Hall–Kier alpha value is -2.06. The van der Waals surface area contributed by atoms with Gasteiger partial charge in [-0.3, -0.25) is 0 Å². The number of hydrogen-bond acceptors (Lipinski definition) is 7. The van der Waals surface area contributed by atoms with Gasteiger partial charge in [-0.2, -0.15) is 0 Å². The van der Waals surface area contributed by atoms with Crippen LogP contribution in [-0.4, -0.2) is 42.2 Å². The zero-order valence-electron chi connectivity index (χ0n) is 22.8. The van der Waals surface area contributed by atoms with Crippen LogP contribution in [0.25, 0.3) is 0 Å². The number of esters is 1. The fourth-order valence-electron chi connectivity index (χ4n) is 4.97. The summed E-state index contributed by atoms with van der Waals surface area (Å²) in [7, 11) is -0.363. The first-order valence-electron chi connectivity index (χ1n) is 12.6. The number of fused-ring (bicyclic) bond motifs is 1. The molecule has 1 saturated heterocycles. The van der Waals surface area contributed by atoms with Gasteiger partial charge in [0.25, 0.3) is 0 Å². The van der Waals surface area contributed by atoms with Crippen LogP contribution >= 0.6 is 0 Å². The van der Waals surface area contributed by atoms with Gasteiger partial charge < -0.3 is 23.5 Å². The van der Waals surface area contributed by atoms with E-state index in [0.29, 0.717) is 18.3 Å². The highest BCUT2D eigenvalue weighted by Gasteiger charge is 2.52. The Labute approximate surface area is 210 Å². The van der Waals surface area contributed by atoms with Gasteiger partial charge in [0.1, 0.15) is 16.8 Å². The first-order chi connectivity index (χ1) is 16.0. The van der Waals surface area contributed by atoms with Crippen molar-refractivity contribution >= 4 is 19.2 Å². The standard InChI is InChI=1S/C27H41BO7/c1-24(2,3)32-22(29)19-12-10-11-18(21(19)31-23(30)33-25(4,5)6)14-16-28-34-20-13-15-26(7,8)17-27(20,9)35-28/h10-12,20H,13-17H2,1-9H3. The number of ether oxygens (including phenoxy) is 3. The number of hydrogen-bond donors (Lipinski definition) is 0. The van der Waals surface area contributed by atoms with E-state index in [2.05, 4.69) is 20.8 Å². The zero-order chi connectivity index (χ0) is 26.2. The molecular formula is C27H41BO7. The summed E-state index contributed by atoms with van der Waals surface area (Å²) >= 11 is 0. The molecule has 0 amide bonds. The molecule has 1 aliphatic heterocycles. The number of para-hydroxylation sites is 1. The fraction of sp³-hybridized carbons (Fsp3) is 0.704. The van der Waals surface area contributed by atoms with Crippen molar-refractivity contribution < 1.29 is 33.1 Å². The topological polar surface area (TPSA) is 80.3 Å². The second-order valence-electron chi connectivity index (χ2n) is 12.8. The van der Waals surface area contributed by atoms with Crippen LogP contribution in [0.5, 0.6) is 5.75 Å². The van der Waals surface area contributed by atoms with Crippen LogP contribution in [0.2, 0.25) is 6.32 Å². The average Bonchev–Trinajstić information content (AvgIpc) is 2.98. The summed E-state index contributed by atoms with van der Waals surface area (Å²) in [6.07, 6.45) is 3.29. The van der Waals surface area contributed by atoms with Gasteiger partial charge in [-0.25, -0.2) is 9.59 Å². The Morgan fingerprint density at radius 1 is 1.06 bits per heavy atom. The molecule has 35 heavy (non-hydrogen) atoms. The third kappa shape index (κ3) is 7.47. The SMILES string of the molecule is CC1(C)CCC2OB(CCc3cccc(C(=O)OC(C)(C)C)c3OC(=O)OC(C)(C)C)OC2(C)C1. The Morgan fingerprint density at radius 2 is 1.71 bits per heavy atom. The predicted octanol–water partition coefficient (Wildman–Crippen LogP) is 6.37. The van der Waals surface area contributed by atoms with Crippen LogP contribution in [-0.2, 0) is 25.2 Å². The van der Waals surface area contributed by atoms with Crippen molar-refractivity contribution in [3.8, 4) is 5.75 Å². The first kappa shape index (κ1) is 27.5. The Bertz CT molecular complexity index is 944. The van der Waals surface area contributed by atoms with Crippen molar-refractivity contribution in [3.05, 3.63) is 29.3 Å². The van der Waals surface area contributed by atoms with E-state index in [-0.39, 0.29) is 35.6 Å². The van der Waals surface area contributed by atoms with Gasteiger partial charge in [-0.05, 0) is 97.5 Å². The lowest BCUT2D eigenvalue weighted by atomic mass is 9.69. The van der Waals surface area contributed by atoms with E-state index >= 15 is 0 Å². The molecule has 194 valence electrons. The Morgan fingerprint density at radius 3 is 2.34 bits per heavy atom. The second-order valence-corrected chi connectivity index (χ2v) is 12.8. The molecule has 1 aliphatic carbocycles. The van der Waals surface area contributed by atoms with Gasteiger partial charge in [0.2, 0.25) is 0 Å². The maximum Gasteiger partial charge on any atom is 0.514 e. The normalized spacial score (nSPS) is 24.0. The minimum atomic E-state index is -0.871. The lowest BCUT2D eigenvalue weighted by Crippen LogP contribution is -2.45. The van der Waals surface area contributed by atoms with E-state index in [1.54, 1.807) is 53.7 Å². The summed E-state index contributed by atoms with van der Waals surface area (Å²) in [6, 6.07) is 5.19. The lowest BCUT2D eigenvalue weighted by molar-refractivity contribution is -0.0297. The molecule has 3 rings (SSSR count). The minimum Gasteiger partial charge on any atom is -0.456 e. The molecule has 1 saturated carbocycles. The van der Waals surface area contributed by atoms with Gasteiger partial charge >= 0.3 is 19.2 Å². The molecule has 1 heterocycles. The van der Waals surface area contributed by atoms with E-state index in [1.165, 1.54) is 0 Å². The molecular weight excluding hydrogens is 447 g/mol. The third-order valence-corrected chi connectivity index (χ3v) is 6.25. The van der Waals surface area contributed by atoms with Crippen LogP contribution in [0.4, 0.5) is 4.79 Å². The van der Waals surface area contributed by atoms with E-state index in [0.717, 1.165) is 19.3 Å². The molecule has 0 spiro atoms. The second kappa shape index (κ2) is 9.77. The number of carbonyl (C=O) groups excluding carboxylic acids is 2. The Kier molecular flexibility index (Phi) is 7.69. The van der Waals surface area contributed by atoms with Crippen LogP contribution in [0.1, 0.15) is 97.5 Å². The van der Waals surface area contributed by atoms with Crippen LogP contribution in [0.15, 0.2) is 18.2 Å². The molecule has 2 atom stereocenters. The van der Waals surface area contributed by atoms with Crippen molar-refractivity contribution in [3.63, 3.8) is 0 Å². The third-order valence-electron chi connectivity index (χ3n) is 6.25. The summed E-state index contributed by atoms with van der Waals surface area (Å²) < 4.78 is 29.2. The van der Waals surface area contributed by atoms with Gasteiger partial charge in [-0.15, -0.1) is 0 Å². The summed E-state index contributed by atoms with van der Waals surface area (Å²) in [5, 5.41) is 0. The smallest absolute Gasteiger partial charge is 0.456 e. The predicted molar refractivity (Wildman–Crippen MR) is 135 cm³/mol. The number of carbonyl (C=O) groups is 2. The molecule has 8 heteroatoms. The highest BCUT2D eigenvalue weighted by atomic mass is 16.7. The van der Waals surface area contributed by atoms with Crippen molar-refractivity contribution in [2.24, 2.45) is 5.41 Å². The minimum absolute atomic E-state index is 0.0751. The maximum atomic E-state index is 12.9. The van der Waals surface area contributed by atoms with Crippen molar-refractivity contribution in [2.45, 2.75) is 117 Å². The van der Waals surface area contributed by atoms with Gasteiger partial charge in [0.15, 0.2) is 5.75 Å². The highest BCUT2D eigenvalue weighted by molar-refractivity contribution is 6.45. The number of benzene rings is 1. The quantitative estimate of drug-likeness (QED) is 0.271. The van der Waals surface area contributed by atoms with Crippen LogP contribution in [0, 0.1) is 5.41 Å².